The highest BCUT2D eigenvalue weighted by Crippen LogP contribution is 2.39. The van der Waals surface area contributed by atoms with E-state index in [1.807, 2.05) is 0 Å². The molecule has 0 bridgehead atoms. The minimum atomic E-state index is -1.22. The standard InChI is InChI=1S/C18H12Cl2N4O4/c19-9-6-10-15-14(13(9)20)23-16(26)11(24(15)18(28)17(27)22-10)7-12(25)21-8-4-2-1-3-5-8/h1-6,11H,7H2,(H,21,25)(H,22,27)(H,23,26). The minimum Gasteiger partial charge on any atom is -0.326 e. The van der Waals surface area contributed by atoms with E-state index in [2.05, 4.69) is 15.6 Å². The number of benzene rings is 2. The molecule has 2 amide bonds. The van der Waals surface area contributed by atoms with Crippen LogP contribution in [0.15, 0.2) is 46.0 Å². The summed E-state index contributed by atoms with van der Waals surface area (Å²) in [5.41, 5.74) is -0.803. The van der Waals surface area contributed by atoms with Crippen LogP contribution in [0.25, 0.3) is 11.0 Å². The highest BCUT2D eigenvalue weighted by molar-refractivity contribution is 6.45. The lowest BCUT2D eigenvalue weighted by Gasteiger charge is -2.27. The fourth-order valence-electron chi connectivity index (χ4n) is 3.18. The number of aromatic amines is 1. The molecule has 0 radical (unpaired) electrons. The van der Waals surface area contributed by atoms with E-state index >= 15 is 0 Å². The second kappa shape index (κ2) is 6.81. The first kappa shape index (κ1) is 18.3. The van der Waals surface area contributed by atoms with Crippen molar-refractivity contribution in [2.45, 2.75) is 12.5 Å². The van der Waals surface area contributed by atoms with Crippen molar-refractivity contribution >= 4 is 57.4 Å². The van der Waals surface area contributed by atoms with Gasteiger partial charge < -0.3 is 15.6 Å². The number of carbonyl (C=O) groups excluding carboxylic acids is 2. The van der Waals surface area contributed by atoms with Crippen molar-refractivity contribution in [3.63, 3.8) is 0 Å². The highest BCUT2D eigenvalue weighted by Gasteiger charge is 2.34. The molecule has 3 aromatic rings. The van der Waals surface area contributed by atoms with Crippen molar-refractivity contribution in [3.8, 4) is 0 Å². The number of H-pyrrole nitrogens is 1. The molecule has 3 N–H and O–H groups in total. The van der Waals surface area contributed by atoms with Crippen LogP contribution in [0.3, 0.4) is 0 Å². The molecule has 1 aromatic heterocycles. The molecule has 1 aliphatic heterocycles. The summed E-state index contributed by atoms with van der Waals surface area (Å²) in [6.07, 6.45) is -0.348. The third-order valence-electron chi connectivity index (χ3n) is 4.39. The summed E-state index contributed by atoms with van der Waals surface area (Å²) in [5.74, 6) is -1.14. The van der Waals surface area contributed by atoms with Crippen LogP contribution in [0, 0.1) is 0 Å². The van der Waals surface area contributed by atoms with E-state index in [0.717, 1.165) is 4.57 Å². The van der Waals surface area contributed by atoms with Gasteiger partial charge in [0.2, 0.25) is 11.8 Å². The minimum absolute atomic E-state index is 0.0369. The molecule has 0 spiro atoms. The van der Waals surface area contributed by atoms with E-state index in [-0.39, 0.29) is 33.2 Å². The molecule has 4 rings (SSSR count). The molecule has 1 unspecified atom stereocenters. The zero-order chi connectivity index (χ0) is 20.0. The Kier molecular flexibility index (Phi) is 4.44. The van der Waals surface area contributed by atoms with E-state index in [1.54, 1.807) is 30.3 Å². The fraction of sp³-hybridized carbons (Fsp3) is 0.111. The zero-order valence-electron chi connectivity index (χ0n) is 14.1. The summed E-state index contributed by atoms with van der Waals surface area (Å²) in [4.78, 5) is 52.1. The number of anilines is 2. The topological polar surface area (TPSA) is 113 Å². The first-order valence-electron chi connectivity index (χ1n) is 8.19. The molecule has 0 aliphatic carbocycles. The third-order valence-corrected chi connectivity index (χ3v) is 5.18. The van der Waals surface area contributed by atoms with Gasteiger partial charge in [-0.1, -0.05) is 41.4 Å². The molecule has 2 heterocycles. The molecule has 142 valence electrons. The van der Waals surface area contributed by atoms with Crippen molar-refractivity contribution in [2.24, 2.45) is 0 Å². The van der Waals surface area contributed by atoms with Gasteiger partial charge in [-0.05, 0) is 18.2 Å². The Morgan fingerprint density at radius 2 is 1.86 bits per heavy atom. The van der Waals surface area contributed by atoms with Crippen LogP contribution >= 0.6 is 23.2 Å². The molecular formula is C18H12Cl2N4O4. The molecule has 10 heteroatoms. The SMILES string of the molecule is O=C(CC1C(=O)Nc2c(Cl)c(Cl)cc3[nH]c(=O)c(=O)n1c23)Nc1ccccc1. The van der Waals surface area contributed by atoms with Gasteiger partial charge in [0.1, 0.15) is 6.04 Å². The number of amides is 2. The van der Waals surface area contributed by atoms with Gasteiger partial charge in [0, 0.05) is 5.69 Å². The molecule has 28 heavy (non-hydrogen) atoms. The molecule has 1 aliphatic rings. The highest BCUT2D eigenvalue weighted by atomic mass is 35.5. The molecule has 0 fully saturated rings. The number of aromatic nitrogens is 2. The van der Waals surface area contributed by atoms with Crippen LogP contribution in [-0.2, 0) is 9.59 Å². The number of para-hydroxylation sites is 1. The Bertz CT molecular complexity index is 1250. The lowest BCUT2D eigenvalue weighted by Crippen LogP contribution is -2.45. The predicted molar refractivity (Wildman–Crippen MR) is 106 cm³/mol. The van der Waals surface area contributed by atoms with Gasteiger partial charge in [0.05, 0.1) is 33.2 Å². The number of halogens is 2. The molecule has 2 aromatic carbocycles. The summed E-state index contributed by atoms with van der Waals surface area (Å²) in [5, 5.41) is 5.37. The Morgan fingerprint density at radius 1 is 1.14 bits per heavy atom. The van der Waals surface area contributed by atoms with Gasteiger partial charge in [0.25, 0.3) is 0 Å². The Balaban J connectivity index is 1.82. The van der Waals surface area contributed by atoms with Gasteiger partial charge in [-0.2, -0.15) is 0 Å². The summed E-state index contributed by atoms with van der Waals surface area (Å²) < 4.78 is 0.995. The van der Waals surface area contributed by atoms with Gasteiger partial charge in [-0.3, -0.25) is 23.7 Å². The third kappa shape index (κ3) is 2.96. The fourth-order valence-corrected chi connectivity index (χ4v) is 3.57. The summed E-state index contributed by atoms with van der Waals surface area (Å²) >= 11 is 12.2. The maximum absolute atomic E-state index is 12.6. The van der Waals surface area contributed by atoms with Gasteiger partial charge in [-0.25, -0.2) is 0 Å². The van der Waals surface area contributed by atoms with E-state index in [1.165, 1.54) is 6.07 Å². The molecule has 8 nitrogen and oxygen atoms in total. The Labute approximate surface area is 167 Å². The zero-order valence-corrected chi connectivity index (χ0v) is 15.6. The van der Waals surface area contributed by atoms with Crippen LogP contribution in [0.1, 0.15) is 12.5 Å². The van der Waals surface area contributed by atoms with Crippen LogP contribution in [0.4, 0.5) is 11.4 Å². The normalized spacial score (nSPS) is 15.4. The van der Waals surface area contributed by atoms with Crippen LogP contribution in [0.5, 0.6) is 0 Å². The van der Waals surface area contributed by atoms with Crippen molar-refractivity contribution in [3.05, 3.63) is 67.2 Å². The molecule has 1 atom stereocenters. The lowest BCUT2D eigenvalue weighted by molar-refractivity contribution is -0.124. The van der Waals surface area contributed by atoms with Gasteiger partial charge >= 0.3 is 11.1 Å². The summed E-state index contributed by atoms with van der Waals surface area (Å²) in [7, 11) is 0. The van der Waals surface area contributed by atoms with Crippen molar-refractivity contribution in [2.75, 3.05) is 10.6 Å². The average molecular weight is 419 g/mol. The van der Waals surface area contributed by atoms with E-state index < -0.39 is 29.0 Å². The quantitative estimate of drug-likeness (QED) is 0.567. The first-order valence-corrected chi connectivity index (χ1v) is 8.94. The van der Waals surface area contributed by atoms with E-state index in [9.17, 15) is 19.2 Å². The molecule has 0 saturated carbocycles. The Morgan fingerprint density at radius 3 is 2.57 bits per heavy atom. The summed E-state index contributed by atoms with van der Waals surface area (Å²) in [6, 6.07) is 8.83. The van der Waals surface area contributed by atoms with E-state index in [0.29, 0.717) is 5.69 Å². The molecular weight excluding hydrogens is 407 g/mol. The Hall–Kier alpha value is -3.10. The predicted octanol–water partition coefficient (Wildman–Crippen LogP) is 2.52. The largest absolute Gasteiger partial charge is 0.326 e. The number of hydrogen-bond donors (Lipinski definition) is 3. The first-order chi connectivity index (χ1) is 13.4. The maximum Gasteiger partial charge on any atom is 0.317 e. The van der Waals surface area contributed by atoms with Crippen LogP contribution in [0.2, 0.25) is 10.0 Å². The van der Waals surface area contributed by atoms with Crippen LogP contribution < -0.4 is 21.8 Å². The number of rotatable bonds is 3. The van der Waals surface area contributed by atoms with Crippen molar-refractivity contribution in [1.29, 1.82) is 0 Å². The maximum atomic E-state index is 12.6. The number of nitrogens with zero attached hydrogens (tertiary/aromatic N) is 1. The second-order valence-corrected chi connectivity index (χ2v) is 6.98. The second-order valence-electron chi connectivity index (χ2n) is 6.20. The lowest BCUT2D eigenvalue weighted by atomic mass is 10.1. The number of nitrogens with one attached hydrogen (secondary N) is 3. The van der Waals surface area contributed by atoms with E-state index in [4.69, 9.17) is 23.2 Å². The van der Waals surface area contributed by atoms with Gasteiger partial charge in [0.15, 0.2) is 0 Å². The van der Waals surface area contributed by atoms with Crippen molar-refractivity contribution < 1.29 is 9.59 Å². The number of hydrogen-bond acceptors (Lipinski definition) is 4. The number of carbonyl (C=O) groups is 2. The average Bonchev–Trinajstić information content (AvgIpc) is 2.66. The smallest absolute Gasteiger partial charge is 0.317 e. The van der Waals surface area contributed by atoms with Crippen molar-refractivity contribution in [1.82, 2.24) is 9.55 Å². The molecule has 0 saturated heterocycles. The van der Waals surface area contributed by atoms with Crippen LogP contribution in [-0.4, -0.2) is 21.4 Å². The van der Waals surface area contributed by atoms with Gasteiger partial charge in [-0.15, -0.1) is 0 Å². The monoisotopic (exact) mass is 418 g/mol. The summed E-state index contributed by atoms with van der Waals surface area (Å²) in [6.45, 7) is 0.